The van der Waals surface area contributed by atoms with Crippen LogP contribution in [0.4, 0.5) is 0 Å². The molecular weight excluding hydrogens is 296 g/mol. The van der Waals surface area contributed by atoms with E-state index in [9.17, 15) is 8.42 Å². The van der Waals surface area contributed by atoms with Crippen LogP contribution in [0, 0.1) is 0 Å². The Kier molecular flexibility index (Phi) is 4.42. The SMILES string of the molecule is O=S(=O)(c1ccsc1CNC1CC1)N1CCCOCC1. The highest BCUT2D eigenvalue weighted by Crippen LogP contribution is 2.27. The molecule has 0 amide bonds. The number of nitrogens with one attached hydrogen (secondary N) is 1. The van der Waals surface area contributed by atoms with Crippen LogP contribution in [0.25, 0.3) is 0 Å². The average molecular weight is 316 g/mol. The van der Waals surface area contributed by atoms with Gasteiger partial charge in [0.25, 0.3) is 0 Å². The van der Waals surface area contributed by atoms with Gasteiger partial charge in [-0.3, -0.25) is 0 Å². The van der Waals surface area contributed by atoms with Crippen molar-refractivity contribution < 1.29 is 13.2 Å². The van der Waals surface area contributed by atoms with Crippen LogP contribution in [-0.2, 0) is 21.3 Å². The van der Waals surface area contributed by atoms with Gasteiger partial charge in [-0.2, -0.15) is 4.31 Å². The van der Waals surface area contributed by atoms with Crippen molar-refractivity contribution in [3.8, 4) is 0 Å². The Morgan fingerprint density at radius 2 is 2.20 bits per heavy atom. The van der Waals surface area contributed by atoms with E-state index in [-0.39, 0.29) is 0 Å². The first-order valence-electron chi connectivity index (χ1n) is 7.05. The lowest BCUT2D eigenvalue weighted by Gasteiger charge is -2.19. The summed E-state index contributed by atoms with van der Waals surface area (Å²) in [5.41, 5.74) is 0. The van der Waals surface area contributed by atoms with Gasteiger partial charge >= 0.3 is 0 Å². The van der Waals surface area contributed by atoms with Gasteiger partial charge in [0, 0.05) is 37.2 Å². The first kappa shape index (κ1) is 14.5. The Morgan fingerprint density at radius 1 is 1.35 bits per heavy atom. The van der Waals surface area contributed by atoms with Crippen molar-refractivity contribution in [2.24, 2.45) is 0 Å². The molecule has 112 valence electrons. The monoisotopic (exact) mass is 316 g/mol. The molecule has 0 aromatic carbocycles. The summed E-state index contributed by atoms with van der Waals surface area (Å²) in [6.07, 6.45) is 3.17. The number of sulfonamides is 1. The first-order chi connectivity index (χ1) is 9.68. The van der Waals surface area contributed by atoms with Crippen LogP contribution < -0.4 is 5.32 Å². The molecule has 0 bridgehead atoms. The number of hydrogen-bond donors (Lipinski definition) is 1. The Morgan fingerprint density at radius 3 is 3.00 bits per heavy atom. The molecule has 1 aromatic heterocycles. The quantitative estimate of drug-likeness (QED) is 0.892. The molecule has 0 radical (unpaired) electrons. The molecule has 1 saturated carbocycles. The minimum atomic E-state index is -3.38. The predicted molar refractivity (Wildman–Crippen MR) is 78.4 cm³/mol. The topological polar surface area (TPSA) is 58.6 Å². The van der Waals surface area contributed by atoms with E-state index in [0.717, 1.165) is 11.3 Å². The third kappa shape index (κ3) is 3.23. The molecule has 2 aliphatic rings. The predicted octanol–water partition coefficient (Wildman–Crippen LogP) is 1.41. The van der Waals surface area contributed by atoms with Crippen LogP contribution >= 0.6 is 11.3 Å². The maximum atomic E-state index is 12.7. The zero-order chi connectivity index (χ0) is 14.0. The second kappa shape index (κ2) is 6.11. The maximum absolute atomic E-state index is 12.7. The van der Waals surface area contributed by atoms with Crippen molar-refractivity contribution in [2.45, 2.75) is 36.7 Å². The number of rotatable bonds is 5. The molecule has 0 atom stereocenters. The fourth-order valence-electron chi connectivity index (χ4n) is 2.31. The Bertz CT molecular complexity index is 544. The van der Waals surface area contributed by atoms with Gasteiger partial charge in [0.1, 0.15) is 0 Å². The van der Waals surface area contributed by atoms with Crippen molar-refractivity contribution in [2.75, 3.05) is 26.3 Å². The number of hydrogen-bond acceptors (Lipinski definition) is 5. The lowest BCUT2D eigenvalue weighted by molar-refractivity contribution is 0.148. The number of nitrogens with zero attached hydrogens (tertiary/aromatic N) is 1. The molecule has 1 saturated heterocycles. The van der Waals surface area contributed by atoms with Gasteiger partial charge in [-0.05, 0) is 30.7 Å². The lowest BCUT2D eigenvalue weighted by atomic mass is 10.4. The summed E-state index contributed by atoms with van der Waals surface area (Å²) in [6.45, 7) is 2.79. The minimum absolute atomic E-state index is 0.452. The summed E-state index contributed by atoms with van der Waals surface area (Å²) in [5.74, 6) is 0. The van der Waals surface area contributed by atoms with Crippen molar-refractivity contribution in [1.29, 1.82) is 0 Å². The van der Waals surface area contributed by atoms with Crippen LogP contribution in [0.3, 0.4) is 0 Å². The van der Waals surface area contributed by atoms with E-state index in [1.54, 1.807) is 10.4 Å². The molecule has 1 aliphatic carbocycles. The van der Waals surface area contributed by atoms with Gasteiger partial charge in [0.2, 0.25) is 10.0 Å². The maximum Gasteiger partial charge on any atom is 0.244 e. The zero-order valence-electron chi connectivity index (χ0n) is 11.4. The summed E-state index contributed by atoms with van der Waals surface area (Å²) in [7, 11) is -3.38. The smallest absolute Gasteiger partial charge is 0.244 e. The molecule has 7 heteroatoms. The molecule has 2 heterocycles. The number of thiophene rings is 1. The van der Waals surface area contributed by atoms with E-state index in [1.165, 1.54) is 24.2 Å². The summed E-state index contributed by atoms with van der Waals surface area (Å²) in [6, 6.07) is 2.31. The largest absolute Gasteiger partial charge is 0.380 e. The lowest BCUT2D eigenvalue weighted by Crippen LogP contribution is -2.33. The normalized spacial score (nSPS) is 21.8. The zero-order valence-corrected chi connectivity index (χ0v) is 13.0. The van der Waals surface area contributed by atoms with Gasteiger partial charge in [0.15, 0.2) is 0 Å². The van der Waals surface area contributed by atoms with Crippen molar-refractivity contribution in [3.63, 3.8) is 0 Å². The van der Waals surface area contributed by atoms with Crippen LogP contribution in [-0.4, -0.2) is 45.1 Å². The molecule has 5 nitrogen and oxygen atoms in total. The van der Waals surface area contributed by atoms with E-state index >= 15 is 0 Å². The van der Waals surface area contributed by atoms with Crippen LogP contribution in [0.15, 0.2) is 16.3 Å². The third-order valence-corrected chi connectivity index (χ3v) is 6.67. The molecule has 2 fully saturated rings. The summed E-state index contributed by atoms with van der Waals surface area (Å²) < 4.78 is 32.4. The van der Waals surface area contributed by atoms with Gasteiger partial charge in [-0.25, -0.2) is 8.42 Å². The highest BCUT2D eigenvalue weighted by atomic mass is 32.2. The van der Waals surface area contributed by atoms with Gasteiger partial charge < -0.3 is 10.1 Å². The first-order valence-corrected chi connectivity index (χ1v) is 9.37. The van der Waals surface area contributed by atoms with Gasteiger partial charge in [-0.15, -0.1) is 11.3 Å². The van der Waals surface area contributed by atoms with E-state index in [2.05, 4.69) is 5.32 Å². The summed E-state index contributed by atoms with van der Waals surface area (Å²) in [4.78, 5) is 1.39. The van der Waals surface area contributed by atoms with E-state index in [1.807, 2.05) is 5.38 Å². The Balaban J connectivity index is 1.76. The van der Waals surface area contributed by atoms with E-state index in [4.69, 9.17) is 4.74 Å². The highest BCUT2D eigenvalue weighted by Gasteiger charge is 2.29. The second-order valence-corrected chi connectivity index (χ2v) is 8.14. The van der Waals surface area contributed by atoms with Gasteiger partial charge in [0.05, 0.1) is 11.5 Å². The standard InChI is InChI=1S/C13H20N2O3S2/c16-20(17,15-5-1-7-18-8-6-15)13-4-9-19-12(13)10-14-11-2-3-11/h4,9,11,14H,1-3,5-8,10H2. The molecule has 1 aliphatic heterocycles. The second-order valence-electron chi connectivity index (χ2n) is 5.23. The van der Waals surface area contributed by atoms with Crippen LogP contribution in [0.1, 0.15) is 24.1 Å². The molecule has 3 rings (SSSR count). The van der Waals surface area contributed by atoms with Crippen molar-refractivity contribution in [3.05, 3.63) is 16.3 Å². The summed E-state index contributed by atoms with van der Waals surface area (Å²) in [5, 5.41) is 5.26. The molecule has 0 unspecified atom stereocenters. The molecule has 0 spiro atoms. The fourth-order valence-corrected chi connectivity index (χ4v) is 5.14. The summed E-state index contributed by atoms with van der Waals surface area (Å²) >= 11 is 1.52. The van der Waals surface area contributed by atoms with Crippen LogP contribution in [0.2, 0.25) is 0 Å². The minimum Gasteiger partial charge on any atom is -0.380 e. The Labute approximate surface area is 124 Å². The van der Waals surface area contributed by atoms with Crippen molar-refractivity contribution >= 4 is 21.4 Å². The van der Waals surface area contributed by atoms with Gasteiger partial charge in [-0.1, -0.05) is 0 Å². The van der Waals surface area contributed by atoms with Crippen molar-refractivity contribution in [1.82, 2.24) is 9.62 Å². The highest BCUT2D eigenvalue weighted by molar-refractivity contribution is 7.89. The van der Waals surface area contributed by atoms with E-state index < -0.39 is 10.0 Å². The Hall–Kier alpha value is -0.470. The van der Waals surface area contributed by atoms with Crippen LogP contribution in [0.5, 0.6) is 0 Å². The third-order valence-electron chi connectivity index (χ3n) is 3.63. The molecule has 20 heavy (non-hydrogen) atoms. The molecule has 1 aromatic rings. The molecule has 1 N–H and O–H groups in total. The molecular formula is C13H20N2O3S2. The number of ether oxygens (including phenoxy) is 1. The average Bonchev–Trinajstić information content (AvgIpc) is 3.19. The van der Waals surface area contributed by atoms with E-state index in [0.29, 0.717) is 43.8 Å². The fraction of sp³-hybridized carbons (Fsp3) is 0.692.